The minimum absolute atomic E-state index is 0.421. The van der Waals surface area contributed by atoms with Gasteiger partial charge in [-0.15, -0.1) is 0 Å². The van der Waals surface area contributed by atoms with Crippen LogP contribution in [0.25, 0.3) is 0 Å². The summed E-state index contributed by atoms with van der Waals surface area (Å²) in [5.74, 6) is 1.05. The van der Waals surface area contributed by atoms with Crippen LogP contribution in [0.2, 0.25) is 0 Å². The summed E-state index contributed by atoms with van der Waals surface area (Å²) < 4.78 is 1.70. The number of nitrogens with one attached hydrogen (secondary N) is 1. The highest BCUT2D eigenvalue weighted by Crippen LogP contribution is 1.92. The van der Waals surface area contributed by atoms with E-state index in [1.165, 1.54) is 0 Å². The van der Waals surface area contributed by atoms with Gasteiger partial charge in [-0.2, -0.15) is 0 Å². The van der Waals surface area contributed by atoms with E-state index in [2.05, 4.69) is 15.4 Å². The first-order valence-corrected chi connectivity index (χ1v) is 3.23. The van der Waals surface area contributed by atoms with Gasteiger partial charge in [0.2, 0.25) is 0 Å². The predicted molar refractivity (Wildman–Crippen MR) is 44.2 cm³/mol. The SMILES string of the molecule is CN=C(N)c1nccn1NC. The number of amidine groups is 1. The van der Waals surface area contributed by atoms with Gasteiger partial charge in [-0.3, -0.25) is 4.99 Å². The van der Waals surface area contributed by atoms with Gasteiger partial charge in [0, 0.05) is 26.5 Å². The molecule has 0 atom stereocenters. The lowest BCUT2D eigenvalue weighted by Crippen LogP contribution is -2.22. The molecule has 60 valence electrons. The van der Waals surface area contributed by atoms with Crippen LogP contribution in [0.5, 0.6) is 0 Å². The zero-order chi connectivity index (χ0) is 8.27. The Morgan fingerprint density at radius 2 is 2.55 bits per heavy atom. The van der Waals surface area contributed by atoms with Gasteiger partial charge < -0.3 is 11.2 Å². The summed E-state index contributed by atoms with van der Waals surface area (Å²) in [6.07, 6.45) is 3.43. The Kier molecular flexibility index (Phi) is 2.10. The molecular weight excluding hydrogens is 142 g/mol. The third-order valence-corrected chi connectivity index (χ3v) is 1.35. The number of aliphatic imine (C=N–C) groups is 1. The molecule has 5 nitrogen and oxygen atoms in total. The van der Waals surface area contributed by atoms with E-state index in [9.17, 15) is 0 Å². The highest BCUT2D eigenvalue weighted by atomic mass is 15.4. The number of nitrogens with zero attached hydrogens (tertiary/aromatic N) is 3. The van der Waals surface area contributed by atoms with Crippen LogP contribution in [0, 0.1) is 0 Å². The third-order valence-electron chi connectivity index (χ3n) is 1.35. The quantitative estimate of drug-likeness (QED) is 0.440. The molecular formula is C6H11N5. The maximum absolute atomic E-state index is 5.54. The van der Waals surface area contributed by atoms with E-state index < -0.39 is 0 Å². The molecule has 0 aliphatic carbocycles. The summed E-state index contributed by atoms with van der Waals surface area (Å²) in [4.78, 5) is 7.81. The first-order valence-electron chi connectivity index (χ1n) is 3.23. The van der Waals surface area contributed by atoms with Crippen LogP contribution in [-0.4, -0.2) is 29.6 Å². The van der Waals surface area contributed by atoms with Crippen molar-refractivity contribution in [2.45, 2.75) is 0 Å². The fourth-order valence-electron chi connectivity index (χ4n) is 0.773. The van der Waals surface area contributed by atoms with Crippen molar-refractivity contribution >= 4 is 5.84 Å². The largest absolute Gasteiger partial charge is 0.381 e. The van der Waals surface area contributed by atoms with E-state index in [0.717, 1.165) is 0 Å². The minimum Gasteiger partial charge on any atom is -0.381 e. The molecule has 0 radical (unpaired) electrons. The van der Waals surface area contributed by atoms with Gasteiger partial charge in [-0.25, -0.2) is 9.66 Å². The van der Waals surface area contributed by atoms with Gasteiger partial charge in [0.05, 0.1) is 0 Å². The number of rotatable bonds is 2. The second kappa shape index (κ2) is 3.05. The van der Waals surface area contributed by atoms with Gasteiger partial charge in [-0.05, 0) is 0 Å². The van der Waals surface area contributed by atoms with E-state index in [1.807, 2.05) is 0 Å². The Hall–Kier alpha value is -1.52. The molecule has 0 saturated carbocycles. The number of nitrogens with two attached hydrogens (primary N) is 1. The van der Waals surface area contributed by atoms with Crippen molar-refractivity contribution < 1.29 is 0 Å². The topological polar surface area (TPSA) is 68.2 Å². The zero-order valence-electron chi connectivity index (χ0n) is 6.57. The average molecular weight is 153 g/mol. The van der Waals surface area contributed by atoms with E-state index >= 15 is 0 Å². The van der Waals surface area contributed by atoms with Gasteiger partial charge in [0.25, 0.3) is 0 Å². The van der Waals surface area contributed by atoms with E-state index in [1.54, 1.807) is 31.2 Å². The fraction of sp³-hybridized carbons (Fsp3) is 0.333. The van der Waals surface area contributed by atoms with Crippen molar-refractivity contribution in [2.24, 2.45) is 10.7 Å². The Labute approximate surface area is 64.9 Å². The van der Waals surface area contributed by atoms with Crippen molar-refractivity contribution in [3.05, 3.63) is 18.2 Å². The molecule has 1 aromatic rings. The van der Waals surface area contributed by atoms with Gasteiger partial charge in [-0.1, -0.05) is 0 Å². The molecule has 11 heavy (non-hydrogen) atoms. The normalized spacial score (nSPS) is 11.6. The lowest BCUT2D eigenvalue weighted by atomic mass is 10.6. The van der Waals surface area contributed by atoms with Crippen molar-refractivity contribution in [2.75, 3.05) is 19.5 Å². The number of aromatic nitrogens is 2. The number of hydrogen-bond donors (Lipinski definition) is 2. The fourth-order valence-corrected chi connectivity index (χ4v) is 0.773. The lowest BCUT2D eigenvalue weighted by Gasteiger charge is -2.03. The first-order chi connectivity index (χ1) is 5.29. The second-order valence-corrected chi connectivity index (χ2v) is 1.95. The molecule has 1 heterocycles. The maximum Gasteiger partial charge on any atom is 0.193 e. The first kappa shape index (κ1) is 7.59. The van der Waals surface area contributed by atoms with Gasteiger partial charge in [0.15, 0.2) is 11.7 Å². The third kappa shape index (κ3) is 1.31. The van der Waals surface area contributed by atoms with Crippen molar-refractivity contribution in [3.63, 3.8) is 0 Å². The Morgan fingerprint density at radius 3 is 3.09 bits per heavy atom. The van der Waals surface area contributed by atoms with Gasteiger partial charge in [0.1, 0.15) is 0 Å². The molecule has 0 aromatic carbocycles. The van der Waals surface area contributed by atoms with Crippen LogP contribution in [-0.2, 0) is 0 Å². The van der Waals surface area contributed by atoms with Crippen LogP contribution in [0.4, 0.5) is 0 Å². The van der Waals surface area contributed by atoms with Crippen LogP contribution in [0.3, 0.4) is 0 Å². The monoisotopic (exact) mass is 153 g/mol. The molecule has 0 aliphatic rings. The molecule has 0 bridgehead atoms. The van der Waals surface area contributed by atoms with Crippen molar-refractivity contribution in [3.8, 4) is 0 Å². The zero-order valence-corrected chi connectivity index (χ0v) is 6.57. The predicted octanol–water partition coefficient (Wildman–Crippen LogP) is -0.609. The number of hydrogen-bond acceptors (Lipinski definition) is 3. The van der Waals surface area contributed by atoms with Crippen LogP contribution in [0.1, 0.15) is 5.82 Å². The molecule has 3 N–H and O–H groups in total. The Balaban J connectivity index is 3.02. The number of imidazole rings is 1. The Bertz CT molecular complexity index is 262. The molecule has 1 aromatic heterocycles. The highest BCUT2D eigenvalue weighted by Gasteiger charge is 2.03. The smallest absolute Gasteiger partial charge is 0.193 e. The van der Waals surface area contributed by atoms with Crippen LogP contribution in [0.15, 0.2) is 17.4 Å². The summed E-state index contributed by atoms with van der Waals surface area (Å²) in [6.45, 7) is 0. The molecule has 1 rings (SSSR count). The molecule has 5 heteroatoms. The van der Waals surface area contributed by atoms with E-state index in [4.69, 9.17) is 5.73 Å². The molecule has 0 fully saturated rings. The Morgan fingerprint density at radius 1 is 1.82 bits per heavy atom. The van der Waals surface area contributed by atoms with Crippen LogP contribution >= 0.6 is 0 Å². The molecule has 0 spiro atoms. The van der Waals surface area contributed by atoms with Crippen LogP contribution < -0.4 is 11.2 Å². The molecule has 0 amide bonds. The minimum atomic E-state index is 0.421. The lowest BCUT2D eigenvalue weighted by molar-refractivity contribution is 0.904. The molecule has 0 unspecified atom stereocenters. The summed E-state index contributed by atoms with van der Waals surface area (Å²) in [6, 6.07) is 0. The van der Waals surface area contributed by atoms with Crippen molar-refractivity contribution in [1.29, 1.82) is 0 Å². The van der Waals surface area contributed by atoms with E-state index in [-0.39, 0.29) is 0 Å². The summed E-state index contributed by atoms with van der Waals surface area (Å²) in [5.41, 5.74) is 8.43. The molecule has 0 saturated heterocycles. The van der Waals surface area contributed by atoms with E-state index in [0.29, 0.717) is 11.7 Å². The molecule has 0 aliphatic heterocycles. The summed E-state index contributed by atoms with van der Waals surface area (Å²) >= 11 is 0. The van der Waals surface area contributed by atoms with Crippen molar-refractivity contribution in [1.82, 2.24) is 9.66 Å². The second-order valence-electron chi connectivity index (χ2n) is 1.95. The summed E-state index contributed by atoms with van der Waals surface area (Å²) in [7, 11) is 3.41. The standard InChI is InChI=1S/C6H11N5/c1-8-5(7)6-10-3-4-11(6)9-2/h3-4,9H,1-2H3,(H2,7,8). The van der Waals surface area contributed by atoms with Gasteiger partial charge >= 0.3 is 0 Å². The highest BCUT2D eigenvalue weighted by molar-refractivity contribution is 5.94. The maximum atomic E-state index is 5.54. The summed E-state index contributed by atoms with van der Waals surface area (Å²) in [5, 5.41) is 0. The average Bonchev–Trinajstić information content (AvgIpc) is 2.50.